The van der Waals surface area contributed by atoms with E-state index < -0.39 is 0 Å². The molecule has 226 valence electrons. The Morgan fingerprint density at radius 1 is 1.00 bits per heavy atom. The van der Waals surface area contributed by atoms with E-state index >= 15 is 0 Å². The van der Waals surface area contributed by atoms with Gasteiger partial charge in [-0.2, -0.15) is 0 Å². The molecule has 4 aromatic rings. The number of likely N-dealkylation sites (tertiary alicyclic amines) is 1. The lowest BCUT2D eigenvalue weighted by Gasteiger charge is -2.36. The summed E-state index contributed by atoms with van der Waals surface area (Å²) in [6.07, 6.45) is 6.11. The van der Waals surface area contributed by atoms with Crippen molar-refractivity contribution in [1.82, 2.24) is 14.8 Å². The van der Waals surface area contributed by atoms with Crippen LogP contribution in [0.4, 0.5) is 5.69 Å². The van der Waals surface area contributed by atoms with Gasteiger partial charge in [0.25, 0.3) is 0 Å². The molecule has 8 nitrogen and oxygen atoms in total. The van der Waals surface area contributed by atoms with Crippen LogP contribution >= 0.6 is 12.6 Å². The van der Waals surface area contributed by atoms with Crippen LogP contribution in [-0.4, -0.2) is 59.6 Å². The number of para-hydroxylation sites is 1. The molecule has 44 heavy (non-hydrogen) atoms. The van der Waals surface area contributed by atoms with Crippen molar-refractivity contribution < 1.29 is 19.1 Å². The molecule has 7 rings (SSSR count). The van der Waals surface area contributed by atoms with Crippen molar-refractivity contribution in [2.75, 3.05) is 38.3 Å². The number of aromatic amines is 1. The Labute approximate surface area is 262 Å². The second kappa shape index (κ2) is 12.1. The number of nitrogens with zero attached hydrogens (tertiary/aromatic N) is 2. The van der Waals surface area contributed by atoms with E-state index in [-0.39, 0.29) is 24.6 Å². The minimum absolute atomic E-state index is 0.0319. The summed E-state index contributed by atoms with van der Waals surface area (Å²) in [6, 6.07) is 19.5. The minimum atomic E-state index is -0.326. The highest BCUT2D eigenvalue weighted by Crippen LogP contribution is 2.42. The first-order valence-electron chi connectivity index (χ1n) is 15.3. The van der Waals surface area contributed by atoms with Gasteiger partial charge in [-0.3, -0.25) is 14.5 Å². The molecule has 1 aromatic heterocycles. The number of thiol groups is 1. The molecule has 1 saturated heterocycles. The number of fused-ring (bicyclic) bond motifs is 4. The van der Waals surface area contributed by atoms with Gasteiger partial charge in [-0.05, 0) is 98.4 Å². The van der Waals surface area contributed by atoms with Gasteiger partial charge in [-0.25, -0.2) is 0 Å². The highest BCUT2D eigenvalue weighted by atomic mass is 32.1. The van der Waals surface area contributed by atoms with Gasteiger partial charge in [0.1, 0.15) is 0 Å². The molecule has 0 radical (unpaired) electrons. The summed E-state index contributed by atoms with van der Waals surface area (Å²) in [5.74, 6) is 1.30. The molecule has 3 aliphatic rings. The number of carbonyl (C=O) groups excluding carboxylic acids is 2. The van der Waals surface area contributed by atoms with E-state index in [0.717, 1.165) is 59.6 Å². The van der Waals surface area contributed by atoms with Crippen LogP contribution in [0.15, 0.2) is 71.1 Å². The zero-order chi connectivity index (χ0) is 30.2. The summed E-state index contributed by atoms with van der Waals surface area (Å²) in [7, 11) is 0. The number of ether oxygens (including phenoxy) is 2. The van der Waals surface area contributed by atoms with E-state index in [4.69, 9.17) is 9.47 Å². The molecule has 9 heteroatoms. The lowest BCUT2D eigenvalue weighted by atomic mass is 9.91. The molecule has 3 aromatic carbocycles. The zero-order valence-corrected chi connectivity index (χ0v) is 25.7. The maximum absolute atomic E-state index is 14.2. The van der Waals surface area contributed by atoms with Crippen LogP contribution in [0.5, 0.6) is 11.5 Å². The number of anilines is 1. The van der Waals surface area contributed by atoms with E-state index in [1.165, 1.54) is 17.4 Å². The first kappa shape index (κ1) is 28.6. The number of piperidine rings is 1. The Morgan fingerprint density at radius 2 is 1.82 bits per heavy atom. The maximum atomic E-state index is 14.2. The molecule has 1 fully saturated rings. The summed E-state index contributed by atoms with van der Waals surface area (Å²) in [5.41, 5.74) is 6.32. The van der Waals surface area contributed by atoms with Gasteiger partial charge in [-0.1, -0.05) is 30.7 Å². The molecule has 1 unspecified atom stereocenters. The predicted molar refractivity (Wildman–Crippen MR) is 174 cm³/mol. The molecular weight excluding hydrogens is 572 g/mol. The number of hydrogen-bond acceptors (Lipinski definition) is 6. The highest BCUT2D eigenvalue weighted by molar-refractivity contribution is 7.80. The van der Waals surface area contributed by atoms with Gasteiger partial charge in [0.2, 0.25) is 18.6 Å². The van der Waals surface area contributed by atoms with Gasteiger partial charge >= 0.3 is 0 Å². The lowest BCUT2D eigenvalue weighted by Crippen LogP contribution is -2.41. The van der Waals surface area contributed by atoms with Gasteiger partial charge in [0, 0.05) is 39.3 Å². The summed E-state index contributed by atoms with van der Waals surface area (Å²) in [5, 5.41) is 4.22. The van der Waals surface area contributed by atoms with E-state index in [2.05, 4.69) is 46.0 Å². The fraction of sp³-hybridized carbons (Fsp3) is 0.314. The highest BCUT2D eigenvalue weighted by Gasteiger charge is 2.35. The van der Waals surface area contributed by atoms with E-state index in [9.17, 15) is 9.59 Å². The average Bonchev–Trinajstić information content (AvgIpc) is 3.66. The molecule has 0 spiro atoms. The molecular formula is C35H36N4O4S. The van der Waals surface area contributed by atoms with Gasteiger partial charge < -0.3 is 24.7 Å². The summed E-state index contributed by atoms with van der Waals surface area (Å²) in [4.78, 5) is 35.5. The fourth-order valence-electron chi connectivity index (χ4n) is 6.68. The third-order valence-electron chi connectivity index (χ3n) is 8.84. The number of benzene rings is 3. The molecule has 0 bridgehead atoms. The number of carbonyl (C=O) groups is 2. The Kier molecular flexibility index (Phi) is 7.82. The number of aromatic nitrogens is 1. The summed E-state index contributed by atoms with van der Waals surface area (Å²) >= 11 is 4.67. The van der Waals surface area contributed by atoms with Crippen molar-refractivity contribution in [3.05, 3.63) is 88.6 Å². The molecule has 3 aliphatic heterocycles. The van der Waals surface area contributed by atoms with Crippen LogP contribution in [0.2, 0.25) is 0 Å². The van der Waals surface area contributed by atoms with Crippen molar-refractivity contribution >= 4 is 47.1 Å². The van der Waals surface area contributed by atoms with Crippen molar-refractivity contribution in [1.29, 1.82) is 0 Å². The predicted octanol–water partition coefficient (Wildman–Crippen LogP) is 6.19. The number of amides is 2. The lowest BCUT2D eigenvalue weighted by molar-refractivity contribution is -0.129. The Balaban J connectivity index is 1.17. The van der Waals surface area contributed by atoms with Crippen LogP contribution in [0.1, 0.15) is 54.6 Å². The second-order valence-electron chi connectivity index (χ2n) is 11.8. The monoisotopic (exact) mass is 608 g/mol. The Morgan fingerprint density at radius 3 is 2.68 bits per heavy atom. The van der Waals surface area contributed by atoms with Gasteiger partial charge in [0.15, 0.2) is 11.5 Å². The van der Waals surface area contributed by atoms with Crippen LogP contribution in [0.3, 0.4) is 0 Å². The molecule has 0 saturated carbocycles. The van der Waals surface area contributed by atoms with Crippen LogP contribution < -0.4 is 14.8 Å². The quantitative estimate of drug-likeness (QED) is 0.180. The van der Waals surface area contributed by atoms with Crippen molar-refractivity contribution in [3.63, 3.8) is 0 Å². The van der Waals surface area contributed by atoms with Gasteiger partial charge in [0.05, 0.1) is 12.6 Å². The SMILES string of the molecule is C/C(=C\c1cc(NC(=O)CN2CCCCC2)ccc1S)C(=O)N1CCc2c([nH]c3ccccc23)C1c1ccc2c(c1)OCO2. The topological polar surface area (TPSA) is 86.9 Å². The zero-order valence-electron chi connectivity index (χ0n) is 24.8. The normalized spacial score (nSPS) is 18.4. The molecule has 4 heterocycles. The van der Waals surface area contributed by atoms with E-state index in [0.29, 0.717) is 35.8 Å². The standard InChI is InChI=1S/C35H36N4O4S/c1-22(17-24-18-25(10-12-31(24)44)36-32(40)20-38-14-5-2-6-15-38)35(41)39-16-13-27-26-7-3-4-8-28(26)37-33(27)34(39)23-9-11-29-30(19-23)43-21-42-29/h3-4,7-12,17-19,34,37,44H,2,5-6,13-16,20-21H2,1H3,(H,36,40)/b22-17+. The number of H-pyrrole nitrogens is 1. The number of hydrogen-bond donors (Lipinski definition) is 3. The van der Waals surface area contributed by atoms with E-state index in [1.807, 2.05) is 60.4 Å². The Hall–Kier alpha value is -4.21. The molecule has 1 atom stereocenters. The van der Waals surface area contributed by atoms with E-state index in [1.54, 1.807) is 0 Å². The average molecular weight is 609 g/mol. The largest absolute Gasteiger partial charge is 0.454 e. The maximum Gasteiger partial charge on any atom is 0.250 e. The van der Waals surface area contributed by atoms with Gasteiger partial charge in [-0.15, -0.1) is 12.6 Å². The number of rotatable bonds is 6. The summed E-state index contributed by atoms with van der Waals surface area (Å²) in [6.45, 7) is 4.91. The fourth-order valence-corrected chi connectivity index (χ4v) is 6.88. The van der Waals surface area contributed by atoms with Crippen LogP contribution in [0.25, 0.3) is 17.0 Å². The summed E-state index contributed by atoms with van der Waals surface area (Å²) < 4.78 is 11.3. The van der Waals surface area contributed by atoms with Crippen molar-refractivity contribution in [2.45, 2.75) is 43.5 Å². The minimum Gasteiger partial charge on any atom is -0.454 e. The molecule has 0 aliphatic carbocycles. The van der Waals surface area contributed by atoms with Crippen LogP contribution in [0, 0.1) is 0 Å². The second-order valence-corrected chi connectivity index (χ2v) is 12.3. The third kappa shape index (κ3) is 5.57. The Bertz CT molecular complexity index is 1770. The molecule has 2 amide bonds. The van der Waals surface area contributed by atoms with Crippen molar-refractivity contribution in [2.24, 2.45) is 0 Å². The van der Waals surface area contributed by atoms with Crippen LogP contribution in [-0.2, 0) is 16.0 Å². The van der Waals surface area contributed by atoms with Crippen molar-refractivity contribution in [3.8, 4) is 11.5 Å². The smallest absolute Gasteiger partial charge is 0.250 e. The first-order chi connectivity index (χ1) is 21.4. The number of nitrogens with one attached hydrogen (secondary N) is 2. The first-order valence-corrected chi connectivity index (χ1v) is 15.7. The molecule has 2 N–H and O–H groups in total. The third-order valence-corrected chi connectivity index (χ3v) is 9.25.